The van der Waals surface area contributed by atoms with E-state index in [9.17, 15) is 4.79 Å². The molecule has 5 nitrogen and oxygen atoms in total. The molecule has 0 unspecified atom stereocenters. The SMILES string of the molecule is CCOc1ccc(C(=O)Nc2ccccc2OCC)cc1COc1ccc(Cl)c(C)c1. The van der Waals surface area contributed by atoms with E-state index in [1.54, 1.807) is 24.3 Å². The molecule has 1 N–H and O–H groups in total. The molecule has 1 amide bonds. The number of carbonyl (C=O) groups is 1. The number of nitrogens with one attached hydrogen (secondary N) is 1. The lowest BCUT2D eigenvalue weighted by molar-refractivity contribution is 0.102. The summed E-state index contributed by atoms with van der Waals surface area (Å²) in [4.78, 5) is 12.9. The first-order chi connectivity index (χ1) is 15.0. The molecular weight excluding hydrogens is 414 g/mol. The fraction of sp³-hybridized carbons (Fsp3) is 0.240. The van der Waals surface area contributed by atoms with E-state index in [1.807, 2.05) is 57.2 Å². The van der Waals surface area contributed by atoms with E-state index in [2.05, 4.69) is 5.32 Å². The Hall–Kier alpha value is -3.18. The Bertz CT molecular complexity index is 1050. The van der Waals surface area contributed by atoms with Crippen molar-refractivity contribution in [3.05, 3.63) is 82.4 Å². The number of rotatable bonds is 9. The summed E-state index contributed by atoms with van der Waals surface area (Å²) in [6.45, 7) is 7.03. The predicted octanol–water partition coefficient (Wildman–Crippen LogP) is 6.28. The maximum Gasteiger partial charge on any atom is 0.255 e. The van der Waals surface area contributed by atoms with Crippen molar-refractivity contribution >= 4 is 23.2 Å². The van der Waals surface area contributed by atoms with Crippen LogP contribution in [0.5, 0.6) is 17.2 Å². The van der Waals surface area contributed by atoms with E-state index in [0.717, 1.165) is 11.1 Å². The van der Waals surface area contributed by atoms with E-state index in [-0.39, 0.29) is 12.5 Å². The average molecular weight is 440 g/mol. The van der Waals surface area contributed by atoms with Crippen molar-refractivity contribution in [2.75, 3.05) is 18.5 Å². The van der Waals surface area contributed by atoms with Crippen molar-refractivity contribution in [2.24, 2.45) is 0 Å². The highest BCUT2D eigenvalue weighted by Crippen LogP contribution is 2.27. The summed E-state index contributed by atoms with van der Waals surface area (Å²) >= 11 is 6.09. The Morgan fingerprint density at radius 1 is 0.903 bits per heavy atom. The standard InChI is InChI=1S/C25H26ClNO4/c1-4-29-23-13-10-18(25(28)27-22-8-6-7-9-24(22)30-5-2)15-19(23)16-31-20-11-12-21(26)17(3)14-20/h6-15H,4-5,16H2,1-3H3,(H,27,28). The third-order valence-corrected chi connectivity index (χ3v) is 5.01. The van der Waals surface area contributed by atoms with E-state index >= 15 is 0 Å². The quantitative estimate of drug-likeness (QED) is 0.426. The van der Waals surface area contributed by atoms with Crippen LogP contribution in [0.2, 0.25) is 5.02 Å². The van der Waals surface area contributed by atoms with Crippen molar-refractivity contribution in [3.8, 4) is 17.2 Å². The Kier molecular flexibility index (Phi) is 7.79. The molecule has 0 radical (unpaired) electrons. The van der Waals surface area contributed by atoms with Crippen LogP contribution in [0.4, 0.5) is 5.69 Å². The van der Waals surface area contributed by atoms with E-state index in [0.29, 0.717) is 46.7 Å². The highest BCUT2D eigenvalue weighted by atomic mass is 35.5. The summed E-state index contributed by atoms with van der Waals surface area (Å²) in [5.74, 6) is 1.77. The monoisotopic (exact) mass is 439 g/mol. The number of amides is 1. The number of aryl methyl sites for hydroxylation is 1. The molecule has 0 aromatic heterocycles. The number of carbonyl (C=O) groups excluding carboxylic acids is 1. The van der Waals surface area contributed by atoms with E-state index in [1.165, 1.54) is 0 Å². The van der Waals surface area contributed by atoms with Gasteiger partial charge in [-0.25, -0.2) is 0 Å². The van der Waals surface area contributed by atoms with Gasteiger partial charge in [0.25, 0.3) is 5.91 Å². The van der Waals surface area contributed by atoms with Crippen LogP contribution in [-0.2, 0) is 6.61 Å². The molecule has 3 aromatic rings. The maximum absolute atomic E-state index is 12.9. The first kappa shape index (κ1) is 22.5. The zero-order valence-corrected chi connectivity index (χ0v) is 18.7. The Labute approximate surface area is 187 Å². The number of benzene rings is 3. The number of halogens is 1. The van der Waals surface area contributed by atoms with Gasteiger partial charge in [-0.2, -0.15) is 0 Å². The molecule has 0 aliphatic carbocycles. The first-order valence-corrected chi connectivity index (χ1v) is 10.6. The van der Waals surface area contributed by atoms with E-state index < -0.39 is 0 Å². The van der Waals surface area contributed by atoms with Gasteiger partial charge in [-0.1, -0.05) is 23.7 Å². The highest BCUT2D eigenvalue weighted by Gasteiger charge is 2.14. The van der Waals surface area contributed by atoms with Gasteiger partial charge < -0.3 is 19.5 Å². The van der Waals surface area contributed by atoms with Crippen molar-refractivity contribution < 1.29 is 19.0 Å². The van der Waals surface area contributed by atoms with Gasteiger partial charge in [0.2, 0.25) is 0 Å². The molecule has 0 saturated carbocycles. The molecule has 0 spiro atoms. The molecule has 3 rings (SSSR count). The third kappa shape index (κ3) is 5.92. The fourth-order valence-electron chi connectivity index (χ4n) is 3.04. The van der Waals surface area contributed by atoms with Gasteiger partial charge in [-0.15, -0.1) is 0 Å². The van der Waals surface area contributed by atoms with Crippen LogP contribution in [0.25, 0.3) is 0 Å². The number of hydrogen-bond acceptors (Lipinski definition) is 4. The summed E-state index contributed by atoms with van der Waals surface area (Å²) in [6.07, 6.45) is 0. The zero-order valence-electron chi connectivity index (χ0n) is 17.9. The van der Waals surface area contributed by atoms with Gasteiger partial charge in [0.05, 0.1) is 18.9 Å². The summed E-state index contributed by atoms with van der Waals surface area (Å²) in [7, 11) is 0. The van der Waals surface area contributed by atoms with Crippen molar-refractivity contribution in [3.63, 3.8) is 0 Å². The van der Waals surface area contributed by atoms with Gasteiger partial charge in [-0.05, 0) is 74.9 Å². The van der Waals surface area contributed by atoms with Crippen molar-refractivity contribution in [1.82, 2.24) is 0 Å². The minimum atomic E-state index is -0.237. The summed E-state index contributed by atoms with van der Waals surface area (Å²) < 4.78 is 17.2. The molecule has 0 saturated heterocycles. The number of anilines is 1. The van der Waals surface area contributed by atoms with Crippen LogP contribution in [0, 0.1) is 6.92 Å². The summed E-state index contributed by atoms with van der Waals surface area (Å²) in [6, 6.07) is 18.2. The second-order valence-electron chi connectivity index (χ2n) is 6.84. The second-order valence-corrected chi connectivity index (χ2v) is 7.25. The van der Waals surface area contributed by atoms with Crippen LogP contribution < -0.4 is 19.5 Å². The normalized spacial score (nSPS) is 10.5. The topological polar surface area (TPSA) is 56.8 Å². The lowest BCUT2D eigenvalue weighted by Crippen LogP contribution is -2.14. The summed E-state index contributed by atoms with van der Waals surface area (Å²) in [5.41, 5.74) is 2.84. The van der Waals surface area contributed by atoms with Gasteiger partial charge in [0.15, 0.2) is 0 Å². The first-order valence-electron chi connectivity index (χ1n) is 10.2. The molecule has 6 heteroatoms. The van der Waals surface area contributed by atoms with Crippen LogP contribution in [0.3, 0.4) is 0 Å². The molecule has 0 bridgehead atoms. The highest BCUT2D eigenvalue weighted by molar-refractivity contribution is 6.31. The molecule has 0 fully saturated rings. The second kappa shape index (κ2) is 10.7. The number of hydrogen-bond donors (Lipinski definition) is 1. The van der Waals surface area contributed by atoms with Crippen molar-refractivity contribution in [1.29, 1.82) is 0 Å². The number of ether oxygens (including phenoxy) is 3. The number of para-hydroxylation sites is 2. The third-order valence-electron chi connectivity index (χ3n) is 4.58. The fourth-order valence-corrected chi connectivity index (χ4v) is 3.16. The van der Waals surface area contributed by atoms with Crippen LogP contribution in [0.15, 0.2) is 60.7 Å². The minimum Gasteiger partial charge on any atom is -0.493 e. The lowest BCUT2D eigenvalue weighted by atomic mass is 10.1. The largest absolute Gasteiger partial charge is 0.493 e. The molecule has 0 aliphatic heterocycles. The van der Waals surface area contributed by atoms with Crippen LogP contribution in [0.1, 0.15) is 35.3 Å². The van der Waals surface area contributed by atoms with Gasteiger partial charge in [-0.3, -0.25) is 4.79 Å². The molecule has 162 valence electrons. The van der Waals surface area contributed by atoms with Gasteiger partial charge in [0.1, 0.15) is 23.9 Å². The smallest absolute Gasteiger partial charge is 0.255 e. The van der Waals surface area contributed by atoms with Gasteiger partial charge in [0, 0.05) is 16.1 Å². The average Bonchev–Trinajstić information content (AvgIpc) is 2.77. The van der Waals surface area contributed by atoms with E-state index in [4.69, 9.17) is 25.8 Å². The molecule has 0 heterocycles. The molecule has 31 heavy (non-hydrogen) atoms. The van der Waals surface area contributed by atoms with Crippen LogP contribution in [-0.4, -0.2) is 19.1 Å². The Morgan fingerprint density at radius 3 is 2.39 bits per heavy atom. The Morgan fingerprint density at radius 2 is 1.65 bits per heavy atom. The van der Waals surface area contributed by atoms with Crippen LogP contribution >= 0.6 is 11.6 Å². The molecule has 0 atom stereocenters. The molecule has 0 aliphatic rings. The van der Waals surface area contributed by atoms with Crippen molar-refractivity contribution in [2.45, 2.75) is 27.4 Å². The summed E-state index contributed by atoms with van der Waals surface area (Å²) in [5, 5.41) is 3.61. The lowest BCUT2D eigenvalue weighted by Gasteiger charge is -2.15. The van der Waals surface area contributed by atoms with Gasteiger partial charge >= 0.3 is 0 Å². The molecule has 3 aromatic carbocycles. The molecular formula is C25H26ClNO4. The maximum atomic E-state index is 12.9. The minimum absolute atomic E-state index is 0.237. The zero-order chi connectivity index (χ0) is 22.2. The Balaban J connectivity index is 1.80. The predicted molar refractivity (Wildman–Crippen MR) is 124 cm³/mol.